The van der Waals surface area contributed by atoms with E-state index < -0.39 is 39.0 Å². The first-order chi connectivity index (χ1) is 11.6. The fourth-order valence-electron chi connectivity index (χ4n) is 2.04. The van der Waals surface area contributed by atoms with Crippen molar-refractivity contribution in [1.29, 1.82) is 0 Å². The SMILES string of the molecule is [B]c1cc(F)cc(S(=O)(=O)c2cc([B])cc(C(=O)NCC(=O)O)c2)c1. The number of carbonyl (C=O) groups is 2. The molecule has 0 fully saturated rings. The number of amides is 1. The Balaban J connectivity index is 2.48. The van der Waals surface area contributed by atoms with Gasteiger partial charge in [0.1, 0.15) is 28.1 Å². The highest BCUT2D eigenvalue weighted by Gasteiger charge is 2.21. The number of hydrogen-bond acceptors (Lipinski definition) is 4. The molecule has 6 nitrogen and oxygen atoms in total. The molecule has 2 N–H and O–H groups in total. The van der Waals surface area contributed by atoms with Crippen molar-refractivity contribution in [2.24, 2.45) is 0 Å². The zero-order valence-electron chi connectivity index (χ0n) is 12.7. The number of carboxylic acid groups (broad SMARTS) is 1. The summed E-state index contributed by atoms with van der Waals surface area (Å²) in [6.07, 6.45) is 0. The van der Waals surface area contributed by atoms with E-state index >= 15 is 0 Å². The van der Waals surface area contributed by atoms with Crippen LogP contribution in [0.25, 0.3) is 0 Å². The molecule has 0 saturated carbocycles. The van der Waals surface area contributed by atoms with E-state index in [-0.39, 0.29) is 21.4 Å². The Morgan fingerprint density at radius 2 is 1.56 bits per heavy atom. The second-order valence-electron chi connectivity index (χ2n) is 5.09. The Bertz CT molecular complexity index is 942. The van der Waals surface area contributed by atoms with Crippen LogP contribution < -0.4 is 16.2 Å². The average molecular weight is 357 g/mol. The van der Waals surface area contributed by atoms with Gasteiger partial charge in [0.2, 0.25) is 9.84 Å². The number of carboxylic acids is 1. The van der Waals surface area contributed by atoms with Gasteiger partial charge in [-0.05, 0) is 24.3 Å². The highest BCUT2D eigenvalue weighted by atomic mass is 32.2. The van der Waals surface area contributed by atoms with Crippen LogP contribution in [-0.2, 0) is 14.6 Å². The average Bonchev–Trinajstić information content (AvgIpc) is 2.51. The topological polar surface area (TPSA) is 101 Å². The van der Waals surface area contributed by atoms with Crippen LogP contribution in [0, 0.1) is 5.82 Å². The monoisotopic (exact) mass is 357 g/mol. The Morgan fingerprint density at radius 3 is 2.12 bits per heavy atom. The third-order valence-electron chi connectivity index (χ3n) is 3.11. The summed E-state index contributed by atoms with van der Waals surface area (Å²) in [6.45, 7) is -0.643. The van der Waals surface area contributed by atoms with Crippen molar-refractivity contribution in [2.75, 3.05) is 6.54 Å². The summed E-state index contributed by atoms with van der Waals surface area (Å²) in [6, 6.07) is 6.14. The van der Waals surface area contributed by atoms with Gasteiger partial charge in [-0.3, -0.25) is 9.59 Å². The molecule has 0 spiro atoms. The number of halogens is 1. The lowest BCUT2D eigenvalue weighted by Crippen LogP contribution is -2.30. The Hall–Kier alpha value is -2.61. The Kier molecular flexibility index (Phi) is 5.32. The van der Waals surface area contributed by atoms with Crippen LogP contribution in [0.1, 0.15) is 10.4 Å². The van der Waals surface area contributed by atoms with Crippen molar-refractivity contribution in [2.45, 2.75) is 9.79 Å². The molecular weight excluding hydrogens is 347 g/mol. The molecule has 0 saturated heterocycles. The molecule has 0 bridgehead atoms. The molecule has 0 atom stereocenters. The van der Waals surface area contributed by atoms with Crippen molar-refractivity contribution in [1.82, 2.24) is 5.32 Å². The zero-order chi connectivity index (χ0) is 18.8. The van der Waals surface area contributed by atoms with Crippen molar-refractivity contribution in [3.63, 3.8) is 0 Å². The molecule has 2 aromatic carbocycles. The van der Waals surface area contributed by atoms with Crippen LogP contribution in [-0.4, -0.2) is 47.6 Å². The minimum atomic E-state index is -4.19. The first-order valence-corrected chi connectivity index (χ1v) is 8.29. The molecule has 1 amide bonds. The number of rotatable bonds is 5. The number of nitrogens with one attached hydrogen (secondary N) is 1. The summed E-state index contributed by atoms with van der Waals surface area (Å²) >= 11 is 0. The molecule has 2 aromatic rings. The largest absolute Gasteiger partial charge is 0.480 e. The summed E-state index contributed by atoms with van der Waals surface area (Å²) in [7, 11) is 6.90. The zero-order valence-corrected chi connectivity index (χ0v) is 13.5. The predicted molar refractivity (Wildman–Crippen MR) is 89.0 cm³/mol. The van der Waals surface area contributed by atoms with E-state index in [4.69, 9.17) is 20.8 Å². The molecule has 25 heavy (non-hydrogen) atoms. The first-order valence-electron chi connectivity index (χ1n) is 6.81. The molecule has 10 heteroatoms. The van der Waals surface area contributed by atoms with Gasteiger partial charge in [-0.1, -0.05) is 23.1 Å². The second-order valence-corrected chi connectivity index (χ2v) is 7.04. The lowest BCUT2D eigenvalue weighted by Gasteiger charge is -2.10. The maximum atomic E-state index is 13.4. The van der Waals surface area contributed by atoms with Crippen molar-refractivity contribution in [3.05, 3.63) is 47.8 Å². The van der Waals surface area contributed by atoms with Crippen LogP contribution in [0.4, 0.5) is 4.39 Å². The minimum absolute atomic E-state index is 0.0362. The molecule has 4 radical (unpaired) electrons. The number of benzene rings is 2. The first kappa shape index (κ1) is 18.7. The molecule has 2 rings (SSSR count). The molecule has 0 aliphatic heterocycles. The quantitative estimate of drug-likeness (QED) is 0.673. The number of hydrogen-bond donors (Lipinski definition) is 2. The van der Waals surface area contributed by atoms with Crippen LogP contribution >= 0.6 is 0 Å². The molecule has 0 aliphatic rings. The van der Waals surface area contributed by atoms with E-state index in [2.05, 4.69) is 5.32 Å². The Morgan fingerprint density at radius 1 is 1.00 bits per heavy atom. The highest BCUT2D eigenvalue weighted by molar-refractivity contribution is 7.91. The van der Waals surface area contributed by atoms with Gasteiger partial charge in [-0.25, -0.2) is 12.8 Å². The molecule has 0 heterocycles. The van der Waals surface area contributed by atoms with E-state index in [9.17, 15) is 22.4 Å². The van der Waals surface area contributed by atoms with Crippen LogP contribution in [0.2, 0.25) is 0 Å². The van der Waals surface area contributed by atoms with Gasteiger partial charge in [0, 0.05) is 5.56 Å². The van der Waals surface area contributed by atoms with Crippen molar-refractivity contribution >= 4 is 48.3 Å². The van der Waals surface area contributed by atoms with Gasteiger partial charge < -0.3 is 10.4 Å². The summed E-state index contributed by atoms with van der Waals surface area (Å²) < 4.78 is 38.7. The maximum absolute atomic E-state index is 13.4. The molecule has 0 aliphatic carbocycles. The van der Waals surface area contributed by atoms with Crippen molar-refractivity contribution in [3.8, 4) is 0 Å². The Labute approximate surface area is 145 Å². The molecule has 124 valence electrons. The van der Waals surface area contributed by atoms with Crippen LogP contribution in [0.3, 0.4) is 0 Å². The summed E-state index contributed by atoms with van der Waals surface area (Å²) in [5.41, 5.74) is -0.267. The van der Waals surface area contributed by atoms with Gasteiger partial charge in [0.25, 0.3) is 5.91 Å². The summed E-state index contributed by atoms with van der Waals surface area (Å²) in [5.74, 6) is -2.91. The molecule has 0 unspecified atom stereocenters. The third-order valence-corrected chi connectivity index (χ3v) is 4.82. The summed E-state index contributed by atoms with van der Waals surface area (Å²) in [5, 5.41) is 10.7. The molecular formula is C15H10B2FNO5S. The minimum Gasteiger partial charge on any atom is -0.480 e. The number of aliphatic carboxylic acids is 1. The second kappa shape index (κ2) is 7.10. The van der Waals surface area contributed by atoms with Crippen molar-refractivity contribution < 1.29 is 27.5 Å². The standard InChI is InChI=1S/C15H10B2FNO5S/c16-9-1-8(15(22)19-7-14(20)21)2-12(4-9)25(23,24)13-5-10(17)3-11(18)6-13/h1-6H,7H2,(H,19,22)(H,20,21). The lowest BCUT2D eigenvalue weighted by molar-refractivity contribution is -0.135. The van der Waals surface area contributed by atoms with Gasteiger partial charge >= 0.3 is 5.97 Å². The predicted octanol–water partition coefficient (Wildman–Crippen LogP) is -0.939. The van der Waals surface area contributed by atoms with E-state index in [0.29, 0.717) is 0 Å². The normalized spacial score (nSPS) is 11.1. The van der Waals surface area contributed by atoms with Crippen LogP contribution in [0.5, 0.6) is 0 Å². The maximum Gasteiger partial charge on any atom is 0.322 e. The van der Waals surface area contributed by atoms with E-state index in [1.807, 2.05) is 0 Å². The third kappa shape index (κ3) is 4.48. The van der Waals surface area contributed by atoms with Gasteiger partial charge in [0.15, 0.2) is 0 Å². The molecule has 0 aromatic heterocycles. The van der Waals surface area contributed by atoms with E-state index in [1.54, 1.807) is 0 Å². The van der Waals surface area contributed by atoms with Gasteiger partial charge in [-0.15, -0.1) is 0 Å². The van der Waals surface area contributed by atoms with Crippen LogP contribution in [0.15, 0.2) is 46.2 Å². The smallest absolute Gasteiger partial charge is 0.322 e. The lowest BCUT2D eigenvalue weighted by atomic mass is 9.94. The van der Waals surface area contributed by atoms with Gasteiger partial charge in [0.05, 0.1) is 9.79 Å². The number of carbonyl (C=O) groups excluding carboxylic acids is 1. The van der Waals surface area contributed by atoms with Gasteiger partial charge in [-0.2, -0.15) is 0 Å². The summed E-state index contributed by atoms with van der Waals surface area (Å²) in [4.78, 5) is 21.7. The fourth-order valence-corrected chi connectivity index (χ4v) is 3.45. The van der Waals surface area contributed by atoms with E-state index in [1.165, 1.54) is 6.07 Å². The highest BCUT2D eigenvalue weighted by Crippen LogP contribution is 2.21. The number of sulfone groups is 1. The fraction of sp³-hybridized carbons (Fsp3) is 0.0667. The van der Waals surface area contributed by atoms with E-state index in [0.717, 1.165) is 30.3 Å².